The number of fused-ring (bicyclic) bond motifs is 3. The molecule has 7 rings (SSSR count). The fourth-order valence-electron chi connectivity index (χ4n) is 9.98. The Morgan fingerprint density at radius 1 is 0.708 bits per heavy atom. The van der Waals surface area contributed by atoms with Crippen LogP contribution >= 0.6 is 0 Å². The second-order valence-electron chi connectivity index (χ2n) is 13.0. The number of rotatable bonds is 15. The van der Waals surface area contributed by atoms with E-state index in [-0.39, 0.29) is 24.4 Å². The lowest BCUT2D eigenvalue weighted by molar-refractivity contribution is -0.331. The van der Waals surface area contributed by atoms with E-state index >= 15 is 0 Å². The van der Waals surface area contributed by atoms with E-state index in [1.54, 1.807) is 24.3 Å². The third-order valence-corrected chi connectivity index (χ3v) is 11.9. The third-order valence-electron chi connectivity index (χ3n) is 11.9. The summed E-state index contributed by atoms with van der Waals surface area (Å²) < 4.78 is 54.0. The Bertz CT molecular complexity index is 1460. The van der Waals surface area contributed by atoms with Gasteiger partial charge < -0.3 is 42.6 Å². The summed E-state index contributed by atoms with van der Waals surface area (Å²) in [5, 5.41) is 0. The van der Waals surface area contributed by atoms with E-state index in [4.69, 9.17) is 42.6 Å². The molecular weight excluding hydrogens is 624 g/mol. The van der Waals surface area contributed by atoms with Crippen molar-refractivity contribution in [3.05, 3.63) is 60.4 Å². The van der Waals surface area contributed by atoms with Crippen molar-refractivity contribution in [2.75, 3.05) is 64.0 Å². The first-order valence-corrected chi connectivity index (χ1v) is 15.9. The summed E-state index contributed by atoms with van der Waals surface area (Å²) in [6.07, 6.45) is 10.0. The Morgan fingerprint density at radius 2 is 1.31 bits per heavy atom. The molecule has 0 saturated heterocycles. The lowest BCUT2D eigenvalue weighted by Gasteiger charge is -2.68. The largest absolute Gasteiger partial charge is 0.493 e. The van der Waals surface area contributed by atoms with Crippen LogP contribution < -0.4 is 0 Å². The predicted octanol–water partition coefficient (Wildman–Crippen LogP) is 3.27. The number of ketones is 3. The van der Waals surface area contributed by atoms with Gasteiger partial charge in [-0.2, -0.15) is 0 Å². The number of carbonyl (C=O) groups is 3. The zero-order valence-corrected chi connectivity index (χ0v) is 29.3. The van der Waals surface area contributed by atoms with Gasteiger partial charge in [-0.25, -0.2) is 0 Å². The molecular formula is C36H48O12. The molecule has 0 N–H and O–H groups in total. The van der Waals surface area contributed by atoms with Crippen molar-refractivity contribution < 1.29 is 57.0 Å². The summed E-state index contributed by atoms with van der Waals surface area (Å²) in [6, 6.07) is 0. The number of Topliss-reactive ketones (excluding diaryl/α,β-unsaturated/α-hetero) is 3. The van der Waals surface area contributed by atoms with Gasteiger partial charge in [0.15, 0.2) is 17.0 Å². The van der Waals surface area contributed by atoms with Gasteiger partial charge in [0.2, 0.25) is 28.9 Å². The smallest absolute Gasteiger partial charge is 0.256 e. The van der Waals surface area contributed by atoms with Crippen LogP contribution in [0.1, 0.15) is 25.7 Å². The quantitative estimate of drug-likeness (QED) is 0.187. The highest BCUT2D eigenvalue weighted by atomic mass is 16.7. The minimum atomic E-state index is -1.97. The summed E-state index contributed by atoms with van der Waals surface area (Å²) in [5.74, 6) is -9.85. The highest BCUT2D eigenvalue weighted by Gasteiger charge is 2.82. The summed E-state index contributed by atoms with van der Waals surface area (Å²) >= 11 is 0. The molecule has 2 saturated carbocycles. The van der Waals surface area contributed by atoms with Crippen LogP contribution in [-0.2, 0) is 57.0 Å². The molecule has 0 amide bonds. The van der Waals surface area contributed by atoms with Gasteiger partial charge in [-0.15, -0.1) is 13.2 Å². The molecule has 4 bridgehead atoms. The van der Waals surface area contributed by atoms with E-state index in [0.717, 1.165) is 5.57 Å². The Kier molecular flexibility index (Phi) is 9.50. The van der Waals surface area contributed by atoms with Crippen molar-refractivity contribution in [1.29, 1.82) is 0 Å². The van der Waals surface area contributed by atoms with Crippen LogP contribution in [0.25, 0.3) is 0 Å². The zero-order chi connectivity index (χ0) is 35.5. The van der Waals surface area contributed by atoms with Crippen molar-refractivity contribution in [2.45, 2.75) is 54.2 Å². The molecule has 0 unspecified atom stereocenters. The number of hydrogen-bond acceptors (Lipinski definition) is 12. The van der Waals surface area contributed by atoms with Crippen LogP contribution in [0.3, 0.4) is 0 Å². The maximum absolute atomic E-state index is 14.9. The van der Waals surface area contributed by atoms with E-state index in [0.29, 0.717) is 18.4 Å². The van der Waals surface area contributed by atoms with E-state index in [2.05, 4.69) is 13.2 Å². The molecule has 7 atom stereocenters. The molecule has 264 valence electrons. The van der Waals surface area contributed by atoms with Crippen molar-refractivity contribution >= 4 is 17.3 Å². The third kappa shape index (κ3) is 4.03. The maximum Gasteiger partial charge on any atom is 0.256 e. The van der Waals surface area contributed by atoms with Crippen LogP contribution in [-0.4, -0.2) is 110 Å². The van der Waals surface area contributed by atoms with Gasteiger partial charge in [-0.3, -0.25) is 14.4 Å². The number of ether oxygens (including phenoxy) is 9. The van der Waals surface area contributed by atoms with Crippen LogP contribution in [0, 0.1) is 29.1 Å². The van der Waals surface area contributed by atoms with Gasteiger partial charge in [-0.05, 0) is 43.9 Å². The Balaban J connectivity index is 1.81. The number of carbonyl (C=O) groups excluding carboxylic acids is 3. The molecule has 0 aliphatic heterocycles. The normalized spacial score (nSPS) is 37.0. The molecule has 12 heteroatoms. The topological polar surface area (TPSA) is 134 Å². The number of allylic oxidation sites excluding steroid dienone is 2. The van der Waals surface area contributed by atoms with Gasteiger partial charge in [0, 0.05) is 80.0 Å². The highest BCUT2D eigenvalue weighted by Crippen LogP contribution is 2.70. The van der Waals surface area contributed by atoms with Crippen LogP contribution in [0.4, 0.5) is 0 Å². The summed E-state index contributed by atoms with van der Waals surface area (Å²) in [6.45, 7) is 7.91. The Labute approximate surface area is 282 Å². The first-order valence-electron chi connectivity index (χ1n) is 15.9. The van der Waals surface area contributed by atoms with Crippen molar-refractivity contribution in [3.63, 3.8) is 0 Å². The monoisotopic (exact) mass is 672 g/mol. The molecule has 0 heterocycles. The fourth-order valence-corrected chi connectivity index (χ4v) is 9.98. The molecule has 12 nitrogen and oxygen atoms in total. The van der Waals surface area contributed by atoms with Gasteiger partial charge in [-0.1, -0.05) is 23.3 Å². The first kappa shape index (κ1) is 36.5. The summed E-state index contributed by atoms with van der Waals surface area (Å²) in [4.78, 5) is 43.6. The molecule has 0 radical (unpaired) electrons. The minimum Gasteiger partial charge on any atom is -0.493 e. The highest BCUT2D eigenvalue weighted by molar-refractivity contribution is 6.06. The molecule has 0 aromatic heterocycles. The van der Waals surface area contributed by atoms with E-state index in [1.165, 1.54) is 64.0 Å². The van der Waals surface area contributed by atoms with Crippen LogP contribution in [0.5, 0.6) is 0 Å². The van der Waals surface area contributed by atoms with Crippen molar-refractivity contribution in [3.8, 4) is 0 Å². The molecule has 48 heavy (non-hydrogen) atoms. The second kappa shape index (κ2) is 12.5. The minimum absolute atomic E-state index is 0.0483. The summed E-state index contributed by atoms with van der Waals surface area (Å²) in [7, 11) is 12.7. The molecule has 7 aliphatic carbocycles. The van der Waals surface area contributed by atoms with Gasteiger partial charge in [0.05, 0.1) is 13.0 Å². The Hall–Kier alpha value is -2.81. The van der Waals surface area contributed by atoms with Crippen molar-refractivity contribution in [1.82, 2.24) is 0 Å². The molecule has 0 aromatic rings. The number of methoxy groups -OCH3 is 9. The average Bonchev–Trinajstić information content (AvgIpc) is 3.10. The SMILES string of the molecule is C=CCC1=C[C@]2(OC)C(=O)C(OC)(OC)[C@H]1C[C@H]2CC1=C[C@@]2(OC)C(=O)C(OC)(OC)[C@@H]1[C@@H]1C(OC)(OC)C(=O)C(OC)=C[C@@]12CC=C. The second-order valence-corrected chi connectivity index (χ2v) is 13.0. The first-order chi connectivity index (χ1) is 22.9. The van der Waals surface area contributed by atoms with E-state index in [9.17, 15) is 14.4 Å². The van der Waals surface area contributed by atoms with Gasteiger partial charge >= 0.3 is 0 Å². The van der Waals surface area contributed by atoms with Crippen LogP contribution in [0.15, 0.2) is 60.4 Å². The zero-order valence-electron chi connectivity index (χ0n) is 29.3. The lowest BCUT2D eigenvalue weighted by Crippen LogP contribution is -2.81. The fraction of sp³-hybridized carbons (Fsp3) is 0.639. The number of hydrogen-bond donors (Lipinski definition) is 0. The molecule has 2 fully saturated rings. The standard InChI is InChI=1S/C36H48O12/c1-12-14-21-18-32(41-4)23(17-24(21)34(43-6,44-7)29(32)38)16-22-19-33(42-5)30(39)35(45-8,46-9)26(22)27-31(33,15-13-2)20-25(40-3)28(37)36(27,47-10)48-11/h12-13,18-20,23-24,26-27H,1-2,14-17H2,3-11H3/t23-,24+,26+,27+,31+,32-,33-/m1/s1. The molecule has 7 aliphatic rings. The van der Waals surface area contributed by atoms with E-state index < -0.39 is 69.2 Å². The average molecular weight is 673 g/mol. The molecule has 0 spiro atoms. The predicted molar refractivity (Wildman–Crippen MR) is 171 cm³/mol. The molecule has 0 aromatic carbocycles. The van der Waals surface area contributed by atoms with E-state index in [1.807, 2.05) is 6.08 Å². The van der Waals surface area contributed by atoms with Gasteiger partial charge in [0.1, 0.15) is 0 Å². The van der Waals surface area contributed by atoms with Gasteiger partial charge in [0.25, 0.3) is 5.78 Å². The lowest BCUT2D eigenvalue weighted by atomic mass is 9.41. The van der Waals surface area contributed by atoms with Crippen LogP contribution in [0.2, 0.25) is 0 Å². The maximum atomic E-state index is 14.9. The van der Waals surface area contributed by atoms with Crippen molar-refractivity contribution in [2.24, 2.45) is 29.1 Å². The Morgan fingerprint density at radius 3 is 1.79 bits per heavy atom. The summed E-state index contributed by atoms with van der Waals surface area (Å²) in [5.41, 5.74) is -3.01.